The summed E-state index contributed by atoms with van der Waals surface area (Å²) in [4.78, 5) is 24.9. The normalized spacial score (nSPS) is 11.5. The van der Waals surface area contributed by atoms with Gasteiger partial charge in [0.25, 0.3) is 5.91 Å². The summed E-state index contributed by atoms with van der Waals surface area (Å²) in [6, 6.07) is 15.4. The highest BCUT2D eigenvalue weighted by molar-refractivity contribution is 7.89. The number of sulfonamides is 1. The molecule has 9 heteroatoms. The molecule has 1 heterocycles. The summed E-state index contributed by atoms with van der Waals surface area (Å²) in [5.41, 5.74) is 4.46. The quantitative estimate of drug-likeness (QED) is 0.535. The maximum atomic E-state index is 12.6. The van der Waals surface area contributed by atoms with Gasteiger partial charge in [-0.1, -0.05) is 17.7 Å². The average Bonchev–Trinajstić information content (AvgIpc) is 3.07. The van der Waals surface area contributed by atoms with Crippen molar-refractivity contribution in [2.45, 2.75) is 25.7 Å². The first kappa shape index (κ1) is 24.2. The van der Waals surface area contributed by atoms with Crippen LogP contribution in [-0.2, 0) is 19.6 Å². The molecule has 3 aromatic rings. The van der Waals surface area contributed by atoms with Gasteiger partial charge >= 0.3 is 5.97 Å². The highest BCUT2D eigenvalue weighted by atomic mass is 32.2. The van der Waals surface area contributed by atoms with Gasteiger partial charge < -0.3 is 14.6 Å². The predicted octanol–water partition coefficient (Wildman–Crippen LogP) is 3.45. The van der Waals surface area contributed by atoms with Crippen molar-refractivity contribution in [1.29, 1.82) is 0 Å². The van der Waals surface area contributed by atoms with Crippen molar-refractivity contribution in [3.8, 4) is 5.69 Å². The topological polar surface area (TPSA) is 97.7 Å². The van der Waals surface area contributed by atoms with E-state index in [4.69, 9.17) is 4.74 Å². The largest absolute Gasteiger partial charge is 0.452 e. The molecule has 0 saturated carbocycles. The number of anilines is 1. The Morgan fingerprint density at radius 1 is 0.970 bits per heavy atom. The Morgan fingerprint density at radius 3 is 2.15 bits per heavy atom. The summed E-state index contributed by atoms with van der Waals surface area (Å²) in [5, 5.41) is 2.59. The fourth-order valence-corrected chi connectivity index (χ4v) is 4.29. The minimum Gasteiger partial charge on any atom is -0.452 e. The van der Waals surface area contributed by atoms with Crippen LogP contribution in [0.15, 0.2) is 59.5 Å². The summed E-state index contributed by atoms with van der Waals surface area (Å²) >= 11 is 0. The summed E-state index contributed by atoms with van der Waals surface area (Å²) in [5.74, 6) is -1.12. The number of amides is 1. The van der Waals surface area contributed by atoms with Crippen molar-refractivity contribution in [3.05, 3.63) is 77.1 Å². The molecule has 0 fully saturated rings. The van der Waals surface area contributed by atoms with E-state index in [1.807, 2.05) is 49.6 Å². The molecule has 0 aliphatic heterocycles. The van der Waals surface area contributed by atoms with Gasteiger partial charge in [0.2, 0.25) is 10.0 Å². The fraction of sp³-hybridized carbons (Fsp3) is 0.250. The molecule has 0 radical (unpaired) electrons. The molecule has 0 aliphatic rings. The molecule has 0 aliphatic carbocycles. The molecule has 2 aromatic carbocycles. The number of aryl methyl sites for hydroxylation is 2. The third-order valence-electron chi connectivity index (χ3n) is 5.19. The Hall–Kier alpha value is -3.43. The minimum atomic E-state index is -3.55. The molecule has 0 spiro atoms. The average molecular weight is 470 g/mol. The Labute approximate surface area is 193 Å². The number of aromatic nitrogens is 1. The van der Waals surface area contributed by atoms with Gasteiger partial charge in [-0.3, -0.25) is 4.79 Å². The van der Waals surface area contributed by atoms with E-state index < -0.39 is 28.5 Å². The third kappa shape index (κ3) is 5.32. The van der Waals surface area contributed by atoms with Gasteiger partial charge in [0, 0.05) is 36.9 Å². The van der Waals surface area contributed by atoms with Gasteiger partial charge in [0.15, 0.2) is 6.61 Å². The second-order valence-electron chi connectivity index (χ2n) is 7.89. The van der Waals surface area contributed by atoms with E-state index in [2.05, 4.69) is 5.32 Å². The van der Waals surface area contributed by atoms with Crippen molar-refractivity contribution in [2.75, 3.05) is 26.0 Å². The fourth-order valence-electron chi connectivity index (χ4n) is 3.39. The van der Waals surface area contributed by atoms with E-state index in [1.165, 1.54) is 38.4 Å². The Morgan fingerprint density at radius 2 is 1.58 bits per heavy atom. The number of carbonyl (C=O) groups excluding carboxylic acids is 2. The highest BCUT2D eigenvalue weighted by Crippen LogP contribution is 2.22. The second kappa shape index (κ2) is 9.60. The molecule has 3 rings (SSSR count). The molecule has 1 amide bonds. The van der Waals surface area contributed by atoms with Crippen LogP contribution in [0.5, 0.6) is 0 Å². The number of carbonyl (C=O) groups is 2. The van der Waals surface area contributed by atoms with Crippen molar-refractivity contribution < 1.29 is 22.7 Å². The molecule has 0 saturated heterocycles. The molecule has 174 valence electrons. The number of nitrogens with zero attached hydrogens (tertiary/aromatic N) is 2. The zero-order valence-corrected chi connectivity index (χ0v) is 20.1. The van der Waals surface area contributed by atoms with Crippen molar-refractivity contribution in [2.24, 2.45) is 0 Å². The van der Waals surface area contributed by atoms with E-state index in [0.29, 0.717) is 11.3 Å². The van der Waals surface area contributed by atoms with Gasteiger partial charge in [-0.05, 0) is 63.2 Å². The van der Waals surface area contributed by atoms with Crippen LogP contribution in [0.4, 0.5) is 5.69 Å². The number of benzene rings is 2. The Kier molecular flexibility index (Phi) is 7.04. The van der Waals surface area contributed by atoms with Crippen molar-refractivity contribution in [3.63, 3.8) is 0 Å². The summed E-state index contributed by atoms with van der Waals surface area (Å²) in [6.45, 7) is 5.27. The van der Waals surface area contributed by atoms with Gasteiger partial charge in [-0.2, -0.15) is 0 Å². The lowest BCUT2D eigenvalue weighted by Gasteiger charge is -2.12. The SMILES string of the molecule is Cc1ccc(-n2c(C)cc(C(=O)OCC(=O)Nc3ccc(S(=O)(=O)N(C)C)cc3)c2C)cc1. The number of ether oxygens (including phenoxy) is 1. The second-order valence-corrected chi connectivity index (χ2v) is 10.0. The third-order valence-corrected chi connectivity index (χ3v) is 7.02. The number of esters is 1. The zero-order valence-electron chi connectivity index (χ0n) is 19.2. The molecular weight excluding hydrogens is 442 g/mol. The molecule has 33 heavy (non-hydrogen) atoms. The maximum Gasteiger partial charge on any atom is 0.340 e. The van der Waals surface area contributed by atoms with E-state index in [9.17, 15) is 18.0 Å². The lowest BCUT2D eigenvalue weighted by molar-refractivity contribution is -0.119. The van der Waals surface area contributed by atoms with Gasteiger partial charge in [0.05, 0.1) is 10.5 Å². The van der Waals surface area contributed by atoms with Crippen LogP contribution < -0.4 is 5.32 Å². The lowest BCUT2D eigenvalue weighted by atomic mass is 10.2. The van der Waals surface area contributed by atoms with Gasteiger partial charge in [-0.15, -0.1) is 0 Å². The Balaban J connectivity index is 1.64. The molecule has 0 atom stereocenters. The van der Waals surface area contributed by atoms with Crippen LogP contribution in [0, 0.1) is 20.8 Å². The van der Waals surface area contributed by atoms with Crippen LogP contribution in [0.3, 0.4) is 0 Å². The number of hydrogen-bond acceptors (Lipinski definition) is 5. The van der Waals surface area contributed by atoms with Gasteiger partial charge in [-0.25, -0.2) is 17.5 Å². The first-order valence-corrected chi connectivity index (χ1v) is 11.7. The highest BCUT2D eigenvalue weighted by Gasteiger charge is 2.20. The molecule has 8 nitrogen and oxygen atoms in total. The first-order chi connectivity index (χ1) is 15.5. The zero-order chi connectivity index (χ0) is 24.3. The van der Waals surface area contributed by atoms with Crippen molar-refractivity contribution >= 4 is 27.6 Å². The van der Waals surface area contributed by atoms with Crippen LogP contribution in [-0.4, -0.2) is 49.9 Å². The number of hydrogen-bond donors (Lipinski definition) is 1. The van der Waals surface area contributed by atoms with Crippen LogP contribution in [0.2, 0.25) is 0 Å². The maximum absolute atomic E-state index is 12.6. The molecule has 0 unspecified atom stereocenters. The van der Waals surface area contributed by atoms with E-state index >= 15 is 0 Å². The summed E-state index contributed by atoms with van der Waals surface area (Å²) in [7, 11) is -0.669. The minimum absolute atomic E-state index is 0.112. The summed E-state index contributed by atoms with van der Waals surface area (Å²) < 4.78 is 32.5. The smallest absolute Gasteiger partial charge is 0.340 e. The predicted molar refractivity (Wildman–Crippen MR) is 126 cm³/mol. The lowest BCUT2D eigenvalue weighted by Crippen LogP contribution is -2.22. The molecule has 1 aromatic heterocycles. The van der Waals surface area contributed by atoms with Gasteiger partial charge in [0.1, 0.15) is 0 Å². The number of nitrogens with one attached hydrogen (secondary N) is 1. The standard InChI is InChI=1S/C24H27N3O5S/c1-16-6-10-20(11-7-16)27-17(2)14-22(18(27)3)24(29)32-15-23(28)25-19-8-12-21(13-9-19)33(30,31)26(4)5/h6-14H,15H2,1-5H3,(H,25,28). The van der Waals surface area contributed by atoms with E-state index in [0.717, 1.165) is 26.9 Å². The Bertz CT molecular complexity index is 1270. The van der Waals surface area contributed by atoms with E-state index in [1.54, 1.807) is 6.07 Å². The van der Waals surface area contributed by atoms with Crippen LogP contribution in [0.25, 0.3) is 5.69 Å². The van der Waals surface area contributed by atoms with Crippen LogP contribution in [0.1, 0.15) is 27.3 Å². The summed E-state index contributed by atoms with van der Waals surface area (Å²) in [6.07, 6.45) is 0. The number of rotatable bonds is 7. The van der Waals surface area contributed by atoms with E-state index in [-0.39, 0.29) is 4.90 Å². The molecule has 0 bridgehead atoms. The monoisotopic (exact) mass is 469 g/mol. The van der Waals surface area contributed by atoms with Crippen molar-refractivity contribution in [1.82, 2.24) is 8.87 Å². The first-order valence-electron chi connectivity index (χ1n) is 10.3. The molecule has 1 N–H and O–H groups in total. The molecular formula is C24H27N3O5S. The van der Waals surface area contributed by atoms with Crippen LogP contribution >= 0.6 is 0 Å².